The summed E-state index contributed by atoms with van der Waals surface area (Å²) in [5.41, 5.74) is -0.215. The number of nitrogens with zero attached hydrogens (tertiary/aromatic N) is 1. The number of likely N-dealkylation sites (tertiary alicyclic amines) is 1. The van der Waals surface area contributed by atoms with Crippen LogP contribution in [0.5, 0.6) is 0 Å². The summed E-state index contributed by atoms with van der Waals surface area (Å²) in [4.78, 5) is 40.9. The quantitative estimate of drug-likeness (QED) is 0.0443. The number of unbranched alkanes of at least 4 members (excludes halogenated alkanes) is 23. The summed E-state index contributed by atoms with van der Waals surface area (Å²) >= 11 is 0. The van der Waals surface area contributed by atoms with Crippen LogP contribution in [0.4, 0.5) is 0 Å². The van der Waals surface area contributed by atoms with E-state index in [1.54, 1.807) is 6.92 Å². The van der Waals surface area contributed by atoms with E-state index < -0.39 is 0 Å². The van der Waals surface area contributed by atoms with Gasteiger partial charge in [0.2, 0.25) is 0 Å². The zero-order valence-electron chi connectivity index (χ0n) is 54.9. The number of esters is 1. The topological polar surface area (TPSA) is 82.1 Å². The zero-order chi connectivity index (χ0) is 57.9. The van der Waals surface area contributed by atoms with Crippen LogP contribution in [0.3, 0.4) is 0 Å². The van der Waals surface area contributed by atoms with E-state index in [-0.39, 0.29) is 36.6 Å². The number of Topliss-reactive ketones (excluding diaryl/α,β-unsaturated/α-hetero) is 2. The number of rotatable bonds is 51. The molecule has 0 N–H and O–H groups in total. The molecule has 2 heterocycles. The Morgan fingerprint density at radius 3 is 1.54 bits per heavy atom. The van der Waals surface area contributed by atoms with Gasteiger partial charge in [-0.3, -0.25) is 19.3 Å². The van der Waals surface area contributed by atoms with Gasteiger partial charge < -0.3 is 14.2 Å². The van der Waals surface area contributed by atoms with Crippen molar-refractivity contribution in [3.63, 3.8) is 0 Å². The highest BCUT2D eigenvalue weighted by Crippen LogP contribution is 2.34. The predicted octanol–water partition coefficient (Wildman–Crippen LogP) is 22.1. The normalized spacial score (nSPS) is 16.7. The molecular formula is C72H143NO6. The summed E-state index contributed by atoms with van der Waals surface area (Å²) < 4.78 is 18.0. The first-order chi connectivity index (χ1) is 37.8. The summed E-state index contributed by atoms with van der Waals surface area (Å²) in [6.45, 7) is 31.2. The van der Waals surface area contributed by atoms with Gasteiger partial charge in [-0.25, -0.2) is 0 Å². The number of ether oxygens (including phenoxy) is 3. The fourth-order valence-corrected chi connectivity index (χ4v) is 12.1. The van der Waals surface area contributed by atoms with E-state index in [1.807, 2.05) is 13.8 Å². The van der Waals surface area contributed by atoms with E-state index in [0.717, 1.165) is 142 Å². The van der Waals surface area contributed by atoms with Crippen LogP contribution in [0.1, 0.15) is 360 Å². The summed E-state index contributed by atoms with van der Waals surface area (Å²) in [5.74, 6) is 3.56. The SMILES string of the molecule is C.CC.CCCCCC(CCCCC)CCCCC.CCCCCCCCC(CCCCCCCC)OC(=O)CCCCCCCOC[C@@H]1C[C@H](C(C)C(=O)CCC(C)C2CCOCC2)CN1CCCCCCC(C)(C)C(C)=O. The van der Waals surface area contributed by atoms with Crippen molar-refractivity contribution >= 4 is 17.5 Å². The second kappa shape index (κ2) is 55.9. The molecule has 0 aromatic rings. The van der Waals surface area contributed by atoms with Crippen LogP contribution >= 0.6 is 0 Å². The van der Waals surface area contributed by atoms with Crippen LogP contribution in [-0.2, 0) is 28.6 Å². The van der Waals surface area contributed by atoms with Gasteiger partial charge in [0.25, 0.3) is 0 Å². The van der Waals surface area contributed by atoms with Gasteiger partial charge in [-0.05, 0) is 114 Å². The Balaban J connectivity index is 0. The first kappa shape index (κ1) is 79.8. The van der Waals surface area contributed by atoms with Crippen LogP contribution in [-0.4, -0.2) is 74.1 Å². The summed E-state index contributed by atoms with van der Waals surface area (Å²) in [6, 6.07) is 0.375. The van der Waals surface area contributed by atoms with E-state index in [1.165, 1.54) is 161 Å². The standard InChI is InChI=1S/C53H99NO6.C16H34.C2H6.CH4/c1-8-10-12-14-17-23-29-50(30-24-18-15-13-11-9-2)60-52(57)31-25-19-16-22-28-38-59-43-49-41-48(42-54(49)37-27-21-20-26-36-53(6,7)46(5)55)45(4)51(56)33-32-44(3)47-34-39-58-40-35-47;1-4-7-10-13-16(14-11-8-5-2)15-12-9-6-3;1-2;/h44-45,47-50H,8-43H2,1-7H3;16H,4-15H2,1-3H3;1-2H3;1H4/t44?,45?,48-,49-;;;/m0.../s1. The average molecular weight is 1120 g/mol. The molecule has 0 bridgehead atoms. The Hall–Kier alpha value is -1.31. The molecule has 0 saturated carbocycles. The van der Waals surface area contributed by atoms with Crippen molar-refractivity contribution in [1.29, 1.82) is 0 Å². The molecule has 472 valence electrons. The molecule has 7 heteroatoms. The highest BCUT2D eigenvalue weighted by molar-refractivity contribution is 5.81. The maximum absolute atomic E-state index is 13.5. The largest absolute Gasteiger partial charge is 0.462 e. The van der Waals surface area contributed by atoms with Gasteiger partial charge in [0.05, 0.1) is 6.61 Å². The van der Waals surface area contributed by atoms with Crippen molar-refractivity contribution in [2.45, 2.75) is 372 Å². The molecule has 0 spiro atoms. The molecule has 2 aliphatic heterocycles. The van der Waals surface area contributed by atoms with Gasteiger partial charge in [-0.1, -0.05) is 263 Å². The third kappa shape index (κ3) is 43.9. The van der Waals surface area contributed by atoms with Crippen molar-refractivity contribution in [3.8, 4) is 0 Å². The zero-order valence-corrected chi connectivity index (χ0v) is 54.9. The van der Waals surface area contributed by atoms with E-state index in [0.29, 0.717) is 42.4 Å². The number of carbonyl (C=O) groups excluding carboxylic acids is 3. The van der Waals surface area contributed by atoms with Crippen molar-refractivity contribution in [3.05, 3.63) is 0 Å². The third-order valence-corrected chi connectivity index (χ3v) is 18.3. The average Bonchev–Trinajstić information content (AvgIpc) is 3.87. The summed E-state index contributed by atoms with van der Waals surface area (Å²) in [6.07, 6.45) is 51.3. The molecule has 2 rings (SSSR count). The Morgan fingerprint density at radius 2 is 1.01 bits per heavy atom. The van der Waals surface area contributed by atoms with Crippen molar-refractivity contribution in [2.24, 2.45) is 35.0 Å². The van der Waals surface area contributed by atoms with Gasteiger partial charge in [-0.15, -0.1) is 0 Å². The maximum atomic E-state index is 13.5. The highest BCUT2D eigenvalue weighted by Gasteiger charge is 2.37. The fourth-order valence-electron chi connectivity index (χ4n) is 12.1. The van der Waals surface area contributed by atoms with Crippen LogP contribution in [0.15, 0.2) is 0 Å². The molecule has 4 atom stereocenters. The van der Waals surface area contributed by atoms with Crippen LogP contribution in [0.25, 0.3) is 0 Å². The van der Waals surface area contributed by atoms with E-state index in [9.17, 15) is 14.4 Å². The van der Waals surface area contributed by atoms with Crippen LogP contribution < -0.4 is 0 Å². The second-order valence-corrected chi connectivity index (χ2v) is 25.6. The molecule has 2 fully saturated rings. The number of hydrogen-bond acceptors (Lipinski definition) is 7. The highest BCUT2D eigenvalue weighted by atomic mass is 16.5. The number of ketones is 2. The number of carbonyl (C=O) groups is 3. The lowest BCUT2D eigenvalue weighted by atomic mass is 9.81. The van der Waals surface area contributed by atoms with Crippen LogP contribution in [0.2, 0.25) is 0 Å². The Labute approximate surface area is 495 Å². The Bertz CT molecular complexity index is 1290. The van der Waals surface area contributed by atoms with Crippen molar-refractivity contribution in [1.82, 2.24) is 4.90 Å². The molecule has 79 heavy (non-hydrogen) atoms. The van der Waals surface area contributed by atoms with E-state index >= 15 is 0 Å². The monoisotopic (exact) mass is 1120 g/mol. The first-order valence-corrected chi connectivity index (χ1v) is 35.0. The van der Waals surface area contributed by atoms with Gasteiger partial charge in [0.15, 0.2) is 0 Å². The smallest absolute Gasteiger partial charge is 0.306 e. The Kier molecular flexibility index (Phi) is 56.4. The predicted molar refractivity (Wildman–Crippen MR) is 346 cm³/mol. The lowest BCUT2D eigenvalue weighted by Crippen LogP contribution is -2.34. The maximum Gasteiger partial charge on any atom is 0.306 e. The van der Waals surface area contributed by atoms with Gasteiger partial charge in [0.1, 0.15) is 17.7 Å². The molecular weight excluding hydrogens is 975 g/mol. The van der Waals surface area contributed by atoms with Gasteiger partial charge in [-0.2, -0.15) is 0 Å². The molecule has 0 aromatic carbocycles. The molecule has 7 nitrogen and oxygen atoms in total. The minimum atomic E-state index is -0.215. The lowest BCUT2D eigenvalue weighted by Gasteiger charge is -2.28. The first-order valence-electron chi connectivity index (χ1n) is 35.0. The van der Waals surface area contributed by atoms with Crippen LogP contribution in [0, 0.1) is 35.0 Å². The summed E-state index contributed by atoms with van der Waals surface area (Å²) in [7, 11) is 0. The molecule has 2 aliphatic rings. The minimum Gasteiger partial charge on any atom is -0.462 e. The molecule has 0 aromatic heterocycles. The van der Waals surface area contributed by atoms with Crippen molar-refractivity contribution < 1.29 is 28.6 Å². The lowest BCUT2D eigenvalue weighted by molar-refractivity contribution is -0.150. The van der Waals surface area contributed by atoms with Gasteiger partial charge in [0, 0.05) is 56.6 Å². The summed E-state index contributed by atoms with van der Waals surface area (Å²) in [5, 5.41) is 0. The van der Waals surface area contributed by atoms with Gasteiger partial charge >= 0.3 is 5.97 Å². The molecule has 2 saturated heterocycles. The molecule has 0 aliphatic carbocycles. The molecule has 2 unspecified atom stereocenters. The van der Waals surface area contributed by atoms with Crippen molar-refractivity contribution in [2.75, 3.05) is 39.5 Å². The number of hydrogen-bond donors (Lipinski definition) is 0. The third-order valence-electron chi connectivity index (χ3n) is 18.3. The van der Waals surface area contributed by atoms with E-state index in [4.69, 9.17) is 14.2 Å². The fraction of sp³-hybridized carbons (Fsp3) is 0.958. The molecule has 0 radical (unpaired) electrons. The van der Waals surface area contributed by atoms with E-state index in [2.05, 4.69) is 67.2 Å². The Morgan fingerprint density at radius 1 is 0.557 bits per heavy atom. The second-order valence-electron chi connectivity index (χ2n) is 25.6. The minimum absolute atomic E-state index is 0. The molecule has 0 amide bonds.